The summed E-state index contributed by atoms with van der Waals surface area (Å²) in [7, 11) is 3.67. The van der Waals surface area contributed by atoms with Crippen LogP contribution in [0.3, 0.4) is 0 Å². The summed E-state index contributed by atoms with van der Waals surface area (Å²) in [6.07, 6.45) is 0. The first-order chi connectivity index (χ1) is 13.0. The fraction of sp³-hybridized carbons (Fsp3) is 0.278. The lowest BCUT2D eigenvalue weighted by molar-refractivity contribution is -0.127. The third-order valence-electron chi connectivity index (χ3n) is 3.83. The monoisotopic (exact) mass is 422 g/mol. The summed E-state index contributed by atoms with van der Waals surface area (Å²) in [5, 5.41) is 11.7. The smallest absolute Gasteiger partial charge is 0.233 e. The van der Waals surface area contributed by atoms with Crippen LogP contribution in [0.15, 0.2) is 46.9 Å². The zero-order chi connectivity index (χ0) is 19.2. The molecule has 3 aromatic rings. The minimum atomic E-state index is 0.0513. The fourth-order valence-electron chi connectivity index (χ4n) is 2.24. The number of amides is 1. The van der Waals surface area contributed by atoms with Crippen molar-refractivity contribution in [3.63, 3.8) is 0 Å². The molecule has 0 fully saturated rings. The van der Waals surface area contributed by atoms with Crippen LogP contribution in [-0.4, -0.2) is 38.4 Å². The summed E-state index contributed by atoms with van der Waals surface area (Å²) in [6.45, 7) is 0.911. The molecule has 1 aromatic carbocycles. The van der Waals surface area contributed by atoms with Gasteiger partial charge in [0.05, 0.1) is 12.3 Å². The van der Waals surface area contributed by atoms with E-state index < -0.39 is 0 Å². The molecular formula is C18H19ClN4O2S2. The maximum absolute atomic E-state index is 12.3. The average Bonchev–Trinajstić information content (AvgIpc) is 3.29. The minimum Gasteiger partial charge on any atom is -0.486 e. The molecule has 2 aromatic heterocycles. The Bertz CT molecular complexity index is 881. The van der Waals surface area contributed by atoms with Crippen molar-refractivity contribution < 1.29 is 9.53 Å². The number of nitrogens with zero attached hydrogens (tertiary/aromatic N) is 4. The summed E-state index contributed by atoms with van der Waals surface area (Å²) in [4.78, 5) is 15.2. The van der Waals surface area contributed by atoms with Crippen molar-refractivity contribution >= 4 is 40.6 Å². The van der Waals surface area contributed by atoms with E-state index in [2.05, 4.69) is 10.2 Å². The third-order valence-corrected chi connectivity index (χ3v) is 5.95. The lowest BCUT2D eigenvalue weighted by atomic mass is 10.3. The zero-order valence-electron chi connectivity index (χ0n) is 15.0. The lowest BCUT2D eigenvalue weighted by Gasteiger charge is -2.15. The fourth-order valence-corrected chi connectivity index (χ4v) is 3.99. The van der Waals surface area contributed by atoms with E-state index in [1.54, 1.807) is 40.5 Å². The van der Waals surface area contributed by atoms with Gasteiger partial charge in [0, 0.05) is 24.0 Å². The van der Waals surface area contributed by atoms with Crippen molar-refractivity contribution in [2.24, 2.45) is 7.05 Å². The largest absolute Gasteiger partial charge is 0.486 e. The van der Waals surface area contributed by atoms with E-state index in [0.717, 1.165) is 4.88 Å². The SMILES string of the molecule is CN(Cc1cccs1)C(=O)CSc1nnc(COc2ccc(Cl)cc2)n1C. The highest BCUT2D eigenvalue weighted by Crippen LogP contribution is 2.20. The Morgan fingerprint density at radius 1 is 1.30 bits per heavy atom. The van der Waals surface area contributed by atoms with Crippen molar-refractivity contribution in [3.05, 3.63) is 57.5 Å². The van der Waals surface area contributed by atoms with Crippen LogP contribution in [0.4, 0.5) is 0 Å². The second kappa shape index (κ2) is 9.25. The summed E-state index contributed by atoms with van der Waals surface area (Å²) in [6, 6.07) is 11.2. The van der Waals surface area contributed by atoms with Crippen LogP contribution < -0.4 is 4.74 Å². The molecule has 0 saturated heterocycles. The predicted molar refractivity (Wildman–Crippen MR) is 108 cm³/mol. The molecule has 0 saturated carbocycles. The van der Waals surface area contributed by atoms with Gasteiger partial charge in [0.1, 0.15) is 12.4 Å². The first kappa shape index (κ1) is 19.7. The van der Waals surface area contributed by atoms with E-state index in [4.69, 9.17) is 16.3 Å². The Hall–Kier alpha value is -2.03. The second-order valence-electron chi connectivity index (χ2n) is 5.82. The Morgan fingerprint density at radius 3 is 2.78 bits per heavy atom. The molecule has 142 valence electrons. The van der Waals surface area contributed by atoms with Crippen LogP contribution in [0.25, 0.3) is 0 Å². The standard InChI is InChI=1S/C18H19ClN4O2S2/c1-22(10-15-4-3-9-26-15)17(24)12-27-18-21-20-16(23(18)2)11-25-14-7-5-13(19)6-8-14/h3-9H,10-12H2,1-2H3. The molecule has 0 unspecified atom stereocenters. The number of thioether (sulfide) groups is 1. The van der Waals surface area contributed by atoms with Gasteiger partial charge in [-0.25, -0.2) is 0 Å². The van der Waals surface area contributed by atoms with E-state index in [-0.39, 0.29) is 12.5 Å². The van der Waals surface area contributed by atoms with E-state index in [1.165, 1.54) is 11.8 Å². The molecule has 3 rings (SSSR count). The maximum Gasteiger partial charge on any atom is 0.233 e. The zero-order valence-corrected chi connectivity index (χ0v) is 17.4. The van der Waals surface area contributed by atoms with Crippen LogP contribution in [0.2, 0.25) is 5.02 Å². The van der Waals surface area contributed by atoms with Crippen LogP contribution in [0, 0.1) is 0 Å². The lowest BCUT2D eigenvalue weighted by Crippen LogP contribution is -2.27. The average molecular weight is 423 g/mol. The van der Waals surface area contributed by atoms with Gasteiger partial charge >= 0.3 is 0 Å². The van der Waals surface area contributed by atoms with Gasteiger partial charge in [-0.15, -0.1) is 21.5 Å². The first-order valence-corrected chi connectivity index (χ1v) is 10.4. The van der Waals surface area contributed by atoms with E-state index in [9.17, 15) is 4.79 Å². The molecule has 0 atom stereocenters. The maximum atomic E-state index is 12.3. The molecule has 0 aliphatic heterocycles. The van der Waals surface area contributed by atoms with Crippen molar-refractivity contribution in [3.8, 4) is 5.75 Å². The number of hydrogen-bond donors (Lipinski definition) is 0. The van der Waals surface area contributed by atoms with Crippen molar-refractivity contribution in [1.82, 2.24) is 19.7 Å². The molecular weight excluding hydrogens is 404 g/mol. The molecule has 0 N–H and O–H groups in total. The van der Waals surface area contributed by atoms with Gasteiger partial charge in [0.25, 0.3) is 0 Å². The van der Waals surface area contributed by atoms with Crippen molar-refractivity contribution in [1.29, 1.82) is 0 Å². The van der Waals surface area contributed by atoms with E-state index >= 15 is 0 Å². The highest BCUT2D eigenvalue weighted by molar-refractivity contribution is 7.99. The predicted octanol–water partition coefficient (Wildman–Crippen LogP) is 3.86. The molecule has 1 amide bonds. The molecule has 9 heteroatoms. The molecule has 0 bridgehead atoms. The summed E-state index contributed by atoms with van der Waals surface area (Å²) < 4.78 is 7.54. The third kappa shape index (κ3) is 5.47. The van der Waals surface area contributed by atoms with Gasteiger partial charge in [-0.3, -0.25) is 4.79 Å². The van der Waals surface area contributed by atoms with Crippen LogP contribution in [0.1, 0.15) is 10.7 Å². The Labute approximate surface area is 171 Å². The number of aromatic nitrogens is 3. The van der Waals surface area contributed by atoms with Gasteiger partial charge in [-0.2, -0.15) is 0 Å². The van der Waals surface area contributed by atoms with Gasteiger partial charge in [0.2, 0.25) is 5.91 Å². The van der Waals surface area contributed by atoms with Crippen LogP contribution in [-0.2, 0) is 25.0 Å². The van der Waals surface area contributed by atoms with Crippen LogP contribution in [0.5, 0.6) is 5.75 Å². The number of carbonyl (C=O) groups is 1. The van der Waals surface area contributed by atoms with Gasteiger partial charge in [0.15, 0.2) is 11.0 Å². The molecule has 0 aliphatic carbocycles. The molecule has 0 aliphatic rings. The molecule has 6 nitrogen and oxygen atoms in total. The molecule has 0 spiro atoms. The summed E-state index contributed by atoms with van der Waals surface area (Å²) in [5.41, 5.74) is 0. The number of thiophene rings is 1. The van der Waals surface area contributed by atoms with Gasteiger partial charge < -0.3 is 14.2 Å². The number of rotatable bonds is 8. The minimum absolute atomic E-state index is 0.0513. The number of ether oxygens (including phenoxy) is 1. The normalized spacial score (nSPS) is 10.8. The van der Waals surface area contributed by atoms with E-state index in [0.29, 0.717) is 34.1 Å². The van der Waals surface area contributed by atoms with Crippen LogP contribution >= 0.6 is 34.7 Å². The number of carbonyl (C=O) groups excluding carboxylic acids is 1. The quantitative estimate of drug-likeness (QED) is 0.516. The second-order valence-corrected chi connectivity index (χ2v) is 8.23. The number of hydrogen-bond acceptors (Lipinski definition) is 6. The summed E-state index contributed by atoms with van der Waals surface area (Å²) >= 11 is 8.88. The molecule has 27 heavy (non-hydrogen) atoms. The first-order valence-electron chi connectivity index (χ1n) is 8.18. The van der Waals surface area contributed by atoms with Crippen molar-refractivity contribution in [2.45, 2.75) is 18.3 Å². The highest BCUT2D eigenvalue weighted by Gasteiger charge is 2.15. The summed E-state index contributed by atoms with van der Waals surface area (Å²) in [5.74, 6) is 1.76. The van der Waals surface area contributed by atoms with Gasteiger partial charge in [-0.1, -0.05) is 29.4 Å². The highest BCUT2D eigenvalue weighted by atomic mass is 35.5. The number of halogens is 1. The Morgan fingerprint density at radius 2 is 2.07 bits per heavy atom. The molecule has 2 heterocycles. The Kier molecular flexibility index (Phi) is 6.76. The van der Waals surface area contributed by atoms with Crippen molar-refractivity contribution in [2.75, 3.05) is 12.8 Å². The van der Waals surface area contributed by atoms with E-state index in [1.807, 2.05) is 36.2 Å². The topological polar surface area (TPSA) is 60.3 Å². The number of benzene rings is 1. The van der Waals surface area contributed by atoms with Gasteiger partial charge in [-0.05, 0) is 35.7 Å². The molecule has 0 radical (unpaired) electrons. The Balaban J connectivity index is 1.50.